The molecular formula is C12H12F2N2S. The van der Waals surface area contributed by atoms with Crippen molar-refractivity contribution in [1.29, 1.82) is 0 Å². The van der Waals surface area contributed by atoms with E-state index in [1.807, 2.05) is 31.2 Å². The van der Waals surface area contributed by atoms with E-state index in [0.717, 1.165) is 16.8 Å². The Balaban J connectivity index is 2.32. The second-order valence-electron chi connectivity index (χ2n) is 3.74. The smallest absolute Gasteiger partial charge is 0.267 e. The molecule has 0 aliphatic carbocycles. The molecule has 2 aromatic rings. The lowest BCUT2D eigenvalue weighted by Gasteiger charge is -2.01. The number of benzene rings is 1. The van der Waals surface area contributed by atoms with E-state index in [1.165, 1.54) is 0 Å². The van der Waals surface area contributed by atoms with Gasteiger partial charge in [0.05, 0.1) is 5.69 Å². The third kappa shape index (κ3) is 2.85. The van der Waals surface area contributed by atoms with Crippen molar-refractivity contribution in [1.82, 2.24) is 9.78 Å². The summed E-state index contributed by atoms with van der Waals surface area (Å²) >= 11 is 0.466. The monoisotopic (exact) mass is 254 g/mol. The minimum Gasteiger partial charge on any atom is -0.267 e. The van der Waals surface area contributed by atoms with E-state index in [4.69, 9.17) is 0 Å². The molecule has 0 aliphatic heterocycles. The van der Waals surface area contributed by atoms with Crippen LogP contribution in [0.4, 0.5) is 8.78 Å². The molecule has 1 aromatic heterocycles. The highest BCUT2D eigenvalue weighted by molar-refractivity contribution is 7.99. The quantitative estimate of drug-likeness (QED) is 0.777. The fourth-order valence-corrected chi connectivity index (χ4v) is 2.12. The van der Waals surface area contributed by atoms with Crippen LogP contribution in [-0.4, -0.2) is 15.5 Å². The zero-order valence-electron chi connectivity index (χ0n) is 9.52. The van der Waals surface area contributed by atoms with Crippen molar-refractivity contribution in [2.24, 2.45) is 7.05 Å². The van der Waals surface area contributed by atoms with Crippen LogP contribution in [-0.2, 0) is 7.05 Å². The van der Waals surface area contributed by atoms with Gasteiger partial charge in [0.1, 0.15) is 5.03 Å². The zero-order valence-corrected chi connectivity index (χ0v) is 10.3. The normalized spacial score (nSPS) is 11.1. The van der Waals surface area contributed by atoms with Crippen LogP contribution in [0.5, 0.6) is 0 Å². The Hall–Kier alpha value is -1.36. The van der Waals surface area contributed by atoms with E-state index >= 15 is 0 Å². The Kier molecular flexibility index (Phi) is 3.47. The molecule has 2 nitrogen and oxygen atoms in total. The van der Waals surface area contributed by atoms with Gasteiger partial charge in [0.25, 0.3) is 5.76 Å². The van der Waals surface area contributed by atoms with Gasteiger partial charge >= 0.3 is 0 Å². The summed E-state index contributed by atoms with van der Waals surface area (Å²) in [7, 11) is 1.75. The molecule has 0 aliphatic rings. The molecular weight excluding hydrogens is 242 g/mol. The van der Waals surface area contributed by atoms with Gasteiger partial charge in [-0.3, -0.25) is 4.68 Å². The lowest BCUT2D eigenvalue weighted by atomic mass is 10.1. The number of rotatable bonds is 3. The predicted octanol–water partition coefficient (Wildman–Crippen LogP) is 3.71. The predicted molar refractivity (Wildman–Crippen MR) is 65.2 cm³/mol. The van der Waals surface area contributed by atoms with Crippen molar-refractivity contribution in [2.45, 2.75) is 17.7 Å². The van der Waals surface area contributed by atoms with Crippen LogP contribution < -0.4 is 0 Å². The first-order valence-electron chi connectivity index (χ1n) is 5.12. The summed E-state index contributed by atoms with van der Waals surface area (Å²) in [6.45, 7) is 2.01. The van der Waals surface area contributed by atoms with Crippen molar-refractivity contribution in [3.8, 4) is 11.3 Å². The number of hydrogen-bond donors (Lipinski definition) is 0. The molecule has 1 heterocycles. The average Bonchev–Trinajstić information content (AvgIpc) is 2.59. The molecule has 5 heteroatoms. The standard InChI is InChI=1S/C12H12F2N2S/c1-8-3-5-9(6-4-8)10-7-11(15-16(10)2)17-12(13)14/h3-7,12H,1-2H3. The van der Waals surface area contributed by atoms with Crippen molar-refractivity contribution in [3.05, 3.63) is 35.9 Å². The van der Waals surface area contributed by atoms with Gasteiger partial charge in [0.2, 0.25) is 0 Å². The fourth-order valence-electron chi connectivity index (χ4n) is 1.58. The Bertz CT molecular complexity index is 506. The molecule has 90 valence electrons. The van der Waals surface area contributed by atoms with Crippen molar-refractivity contribution in [2.75, 3.05) is 0 Å². The Morgan fingerprint density at radius 3 is 2.47 bits per heavy atom. The Labute approximate surface area is 103 Å². The van der Waals surface area contributed by atoms with Crippen LogP contribution in [0.15, 0.2) is 35.4 Å². The van der Waals surface area contributed by atoms with E-state index in [1.54, 1.807) is 17.8 Å². The number of aryl methyl sites for hydroxylation is 2. The summed E-state index contributed by atoms with van der Waals surface area (Å²) in [6, 6.07) is 9.58. The van der Waals surface area contributed by atoms with Crippen LogP contribution in [0.3, 0.4) is 0 Å². The molecule has 0 atom stereocenters. The van der Waals surface area contributed by atoms with E-state index in [9.17, 15) is 8.78 Å². The third-order valence-electron chi connectivity index (χ3n) is 2.41. The van der Waals surface area contributed by atoms with Crippen LogP contribution in [0, 0.1) is 6.92 Å². The topological polar surface area (TPSA) is 17.8 Å². The minimum atomic E-state index is -2.43. The molecule has 0 saturated heterocycles. The fraction of sp³-hybridized carbons (Fsp3) is 0.250. The van der Waals surface area contributed by atoms with E-state index < -0.39 is 5.76 Å². The summed E-state index contributed by atoms with van der Waals surface area (Å²) < 4.78 is 26.1. The van der Waals surface area contributed by atoms with Gasteiger partial charge in [-0.15, -0.1) is 0 Å². The second-order valence-corrected chi connectivity index (χ2v) is 4.75. The number of halogens is 2. The van der Waals surface area contributed by atoms with Gasteiger partial charge in [-0.05, 0) is 30.3 Å². The lowest BCUT2D eigenvalue weighted by molar-refractivity contribution is 0.252. The molecule has 0 bridgehead atoms. The van der Waals surface area contributed by atoms with E-state index in [0.29, 0.717) is 16.8 Å². The lowest BCUT2D eigenvalue weighted by Crippen LogP contribution is -1.93. The van der Waals surface area contributed by atoms with Crippen LogP contribution in [0.1, 0.15) is 5.56 Å². The molecule has 0 unspecified atom stereocenters. The minimum absolute atomic E-state index is 0.345. The van der Waals surface area contributed by atoms with Gasteiger partial charge in [0.15, 0.2) is 0 Å². The maximum absolute atomic E-state index is 12.2. The number of nitrogens with zero attached hydrogens (tertiary/aromatic N) is 2. The van der Waals surface area contributed by atoms with Gasteiger partial charge in [-0.25, -0.2) is 0 Å². The molecule has 0 saturated carbocycles. The molecule has 0 amide bonds. The molecule has 0 spiro atoms. The van der Waals surface area contributed by atoms with Gasteiger partial charge in [-0.1, -0.05) is 29.8 Å². The maximum Gasteiger partial charge on any atom is 0.290 e. The summed E-state index contributed by atoms with van der Waals surface area (Å²) in [5, 5.41) is 4.39. The highest BCUT2D eigenvalue weighted by Crippen LogP contribution is 2.28. The summed E-state index contributed by atoms with van der Waals surface area (Å²) in [6.07, 6.45) is 0. The number of alkyl halides is 2. The van der Waals surface area contributed by atoms with Crippen molar-refractivity contribution in [3.63, 3.8) is 0 Å². The molecule has 17 heavy (non-hydrogen) atoms. The van der Waals surface area contributed by atoms with Gasteiger partial charge in [0, 0.05) is 7.05 Å². The largest absolute Gasteiger partial charge is 0.290 e. The zero-order chi connectivity index (χ0) is 12.4. The molecule has 0 fully saturated rings. The van der Waals surface area contributed by atoms with Crippen molar-refractivity contribution >= 4 is 11.8 Å². The SMILES string of the molecule is Cc1ccc(-c2cc(SC(F)F)nn2C)cc1. The number of aromatic nitrogens is 2. The molecule has 2 rings (SSSR count). The summed E-state index contributed by atoms with van der Waals surface area (Å²) in [4.78, 5) is 0. The first-order chi connectivity index (χ1) is 8.06. The van der Waals surface area contributed by atoms with Crippen LogP contribution in [0.25, 0.3) is 11.3 Å². The summed E-state index contributed by atoms with van der Waals surface area (Å²) in [5.74, 6) is -2.43. The van der Waals surface area contributed by atoms with Gasteiger partial charge in [-0.2, -0.15) is 13.9 Å². The number of thioether (sulfide) groups is 1. The average molecular weight is 254 g/mol. The molecule has 0 N–H and O–H groups in total. The third-order valence-corrected chi connectivity index (χ3v) is 3.03. The first kappa shape index (κ1) is 12.1. The molecule has 0 radical (unpaired) electrons. The van der Waals surface area contributed by atoms with Crippen LogP contribution in [0.2, 0.25) is 0 Å². The Morgan fingerprint density at radius 2 is 1.88 bits per heavy atom. The molecule has 1 aromatic carbocycles. The second kappa shape index (κ2) is 4.87. The highest BCUT2D eigenvalue weighted by Gasteiger charge is 2.12. The maximum atomic E-state index is 12.2. The van der Waals surface area contributed by atoms with Gasteiger partial charge < -0.3 is 0 Å². The summed E-state index contributed by atoms with van der Waals surface area (Å²) in [5.41, 5.74) is 2.98. The van der Waals surface area contributed by atoms with E-state index in [-0.39, 0.29) is 0 Å². The number of hydrogen-bond acceptors (Lipinski definition) is 2. The van der Waals surface area contributed by atoms with E-state index in [2.05, 4.69) is 5.10 Å². The highest BCUT2D eigenvalue weighted by atomic mass is 32.2. The van der Waals surface area contributed by atoms with Crippen LogP contribution >= 0.6 is 11.8 Å². The van der Waals surface area contributed by atoms with Crippen molar-refractivity contribution < 1.29 is 8.78 Å². The first-order valence-corrected chi connectivity index (χ1v) is 6.00. The Morgan fingerprint density at radius 1 is 1.24 bits per heavy atom.